The Morgan fingerprint density at radius 2 is 2.00 bits per heavy atom. The molecule has 0 bridgehead atoms. The molecule has 17 heavy (non-hydrogen) atoms. The van der Waals surface area contributed by atoms with Crippen LogP contribution in [-0.2, 0) is 14.3 Å². The number of Topliss-reactive ketones (excluding diaryl/α,β-unsaturated/α-hetero) is 1. The Morgan fingerprint density at radius 1 is 1.29 bits per heavy atom. The minimum Gasteiger partial charge on any atom is -0.465 e. The van der Waals surface area contributed by atoms with Gasteiger partial charge in [0.15, 0.2) is 0 Å². The highest BCUT2D eigenvalue weighted by Crippen LogP contribution is 2.31. The number of carbonyl (C=O) groups is 2. The molecule has 3 atom stereocenters. The third kappa shape index (κ3) is 3.83. The second-order valence-corrected chi connectivity index (χ2v) is 5.08. The second-order valence-electron chi connectivity index (χ2n) is 5.08. The lowest BCUT2D eigenvalue weighted by atomic mass is 9.77. The highest BCUT2D eigenvalue weighted by Gasteiger charge is 2.33. The standard InChI is InChI=1S/C14H24O3/c1-4-12(14(16)17-5-2)13(15)11-8-6-7-10(3)9-11/h10-12H,4-9H2,1-3H3. The summed E-state index contributed by atoms with van der Waals surface area (Å²) in [6, 6.07) is 0. The Labute approximate surface area is 104 Å². The van der Waals surface area contributed by atoms with Gasteiger partial charge in [0.2, 0.25) is 0 Å². The molecule has 1 aliphatic rings. The second kappa shape index (κ2) is 6.77. The molecule has 1 aliphatic carbocycles. The maximum absolute atomic E-state index is 12.3. The summed E-state index contributed by atoms with van der Waals surface area (Å²) in [6.07, 6.45) is 4.76. The maximum Gasteiger partial charge on any atom is 0.316 e. The van der Waals surface area contributed by atoms with Crippen LogP contribution in [0, 0.1) is 17.8 Å². The molecule has 1 rings (SSSR count). The molecule has 3 unspecified atom stereocenters. The third-order valence-corrected chi connectivity index (χ3v) is 3.66. The lowest BCUT2D eigenvalue weighted by Gasteiger charge is -2.27. The molecule has 1 saturated carbocycles. The first-order valence-corrected chi connectivity index (χ1v) is 6.80. The van der Waals surface area contributed by atoms with Gasteiger partial charge in [0.1, 0.15) is 11.7 Å². The Balaban J connectivity index is 2.61. The van der Waals surface area contributed by atoms with Crippen LogP contribution >= 0.6 is 0 Å². The van der Waals surface area contributed by atoms with E-state index in [1.807, 2.05) is 6.92 Å². The summed E-state index contributed by atoms with van der Waals surface area (Å²) >= 11 is 0. The zero-order chi connectivity index (χ0) is 12.8. The lowest BCUT2D eigenvalue weighted by Crippen LogP contribution is -2.33. The molecular formula is C14H24O3. The first-order valence-electron chi connectivity index (χ1n) is 6.80. The van der Waals surface area contributed by atoms with E-state index in [2.05, 4.69) is 6.92 Å². The summed E-state index contributed by atoms with van der Waals surface area (Å²) in [5.74, 6) is -0.0773. The molecule has 1 fully saturated rings. The zero-order valence-corrected chi connectivity index (χ0v) is 11.2. The molecule has 0 aliphatic heterocycles. The lowest BCUT2D eigenvalue weighted by molar-refractivity contribution is -0.153. The van der Waals surface area contributed by atoms with Crippen molar-refractivity contribution in [2.75, 3.05) is 6.61 Å². The monoisotopic (exact) mass is 240 g/mol. The molecule has 0 spiro atoms. The van der Waals surface area contributed by atoms with Crippen LogP contribution in [0.15, 0.2) is 0 Å². The maximum atomic E-state index is 12.3. The number of rotatable bonds is 5. The van der Waals surface area contributed by atoms with E-state index in [1.165, 1.54) is 6.42 Å². The summed E-state index contributed by atoms with van der Waals surface area (Å²) < 4.78 is 4.97. The van der Waals surface area contributed by atoms with Crippen LogP contribution in [0.25, 0.3) is 0 Å². The molecule has 0 aromatic heterocycles. The fourth-order valence-corrected chi connectivity index (χ4v) is 2.70. The summed E-state index contributed by atoms with van der Waals surface area (Å²) in [6.45, 7) is 6.19. The van der Waals surface area contributed by atoms with Gasteiger partial charge in [0.05, 0.1) is 6.61 Å². The number of carbonyl (C=O) groups excluding carboxylic acids is 2. The van der Waals surface area contributed by atoms with Gasteiger partial charge >= 0.3 is 5.97 Å². The molecule has 0 radical (unpaired) electrons. The van der Waals surface area contributed by atoms with Gasteiger partial charge in [-0.25, -0.2) is 0 Å². The van der Waals surface area contributed by atoms with Crippen LogP contribution in [0.1, 0.15) is 52.9 Å². The summed E-state index contributed by atoms with van der Waals surface area (Å²) in [4.78, 5) is 24.0. The van der Waals surface area contributed by atoms with Crippen molar-refractivity contribution < 1.29 is 14.3 Å². The van der Waals surface area contributed by atoms with Crippen molar-refractivity contribution in [3.63, 3.8) is 0 Å². The smallest absolute Gasteiger partial charge is 0.316 e. The van der Waals surface area contributed by atoms with E-state index in [1.54, 1.807) is 6.92 Å². The first-order chi connectivity index (χ1) is 8.10. The number of esters is 1. The normalized spacial score (nSPS) is 26.3. The molecular weight excluding hydrogens is 216 g/mol. The van der Waals surface area contributed by atoms with E-state index >= 15 is 0 Å². The molecule has 0 amide bonds. The number of hydrogen-bond acceptors (Lipinski definition) is 3. The van der Waals surface area contributed by atoms with Gasteiger partial charge in [-0.05, 0) is 32.1 Å². The van der Waals surface area contributed by atoms with Crippen molar-refractivity contribution in [2.24, 2.45) is 17.8 Å². The van der Waals surface area contributed by atoms with Crippen LogP contribution in [0.5, 0.6) is 0 Å². The Hall–Kier alpha value is -0.860. The minimum absolute atomic E-state index is 0.0770. The highest BCUT2D eigenvalue weighted by molar-refractivity contribution is 6.00. The van der Waals surface area contributed by atoms with Crippen LogP contribution in [0.2, 0.25) is 0 Å². The first kappa shape index (κ1) is 14.2. The Kier molecular flexibility index (Phi) is 5.66. The van der Waals surface area contributed by atoms with E-state index in [-0.39, 0.29) is 17.7 Å². The van der Waals surface area contributed by atoms with Crippen molar-refractivity contribution in [1.82, 2.24) is 0 Å². The fraction of sp³-hybridized carbons (Fsp3) is 0.857. The molecule has 0 aromatic rings. The van der Waals surface area contributed by atoms with Crippen molar-refractivity contribution >= 4 is 11.8 Å². The van der Waals surface area contributed by atoms with Gasteiger partial charge < -0.3 is 4.74 Å². The summed E-state index contributed by atoms with van der Waals surface area (Å²) in [5.41, 5.74) is 0. The van der Waals surface area contributed by atoms with Crippen LogP contribution in [-0.4, -0.2) is 18.4 Å². The van der Waals surface area contributed by atoms with Gasteiger partial charge in [-0.3, -0.25) is 9.59 Å². The van der Waals surface area contributed by atoms with E-state index < -0.39 is 5.92 Å². The molecule has 0 N–H and O–H groups in total. The van der Waals surface area contributed by atoms with Gasteiger partial charge in [0.25, 0.3) is 0 Å². The Morgan fingerprint density at radius 3 is 2.53 bits per heavy atom. The molecule has 0 saturated heterocycles. The molecule has 98 valence electrons. The number of hydrogen-bond donors (Lipinski definition) is 0. The van der Waals surface area contributed by atoms with Gasteiger partial charge in [-0.15, -0.1) is 0 Å². The quantitative estimate of drug-likeness (QED) is 0.548. The molecule has 3 nitrogen and oxygen atoms in total. The summed E-state index contributed by atoms with van der Waals surface area (Å²) in [5, 5.41) is 0. The largest absolute Gasteiger partial charge is 0.465 e. The van der Waals surface area contributed by atoms with Crippen LogP contribution in [0.4, 0.5) is 0 Å². The predicted octanol–water partition coefficient (Wildman–Crippen LogP) is 2.97. The predicted molar refractivity (Wildman–Crippen MR) is 66.5 cm³/mol. The van der Waals surface area contributed by atoms with Crippen LogP contribution < -0.4 is 0 Å². The highest BCUT2D eigenvalue weighted by atomic mass is 16.5. The summed E-state index contributed by atoms with van der Waals surface area (Å²) in [7, 11) is 0. The number of ketones is 1. The third-order valence-electron chi connectivity index (χ3n) is 3.66. The molecule has 3 heteroatoms. The van der Waals surface area contributed by atoms with Crippen molar-refractivity contribution in [3.05, 3.63) is 0 Å². The average molecular weight is 240 g/mol. The fourth-order valence-electron chi connectivity index (χ4n) is 2.70. The molecule has 0 aromatic carbocycles. The van der Waals surface area contributed by atoms with E-state index in [0.29, 0.717) is 18.9 Å². The van der Waals surface area contributed by atoms with Crippen LogP contribution in [0.3, 0.4) is 0 Å². The average Bonchev–Trinajstić information content (AvgIpc) is 2.30. The van der Waals surface area contributed by atoms with Gasteiger partial charge in [-0.2, -0.15) is 0 Å². The van der Waals surface area contributed by atoms with E-state index in [0.717, 1.165) is 19.3 Å². The van der Waals surface area contributed by atoms with Crippen molar-refractivity contribution in [2.45, 2.75) is 52.9 Å². The van der Waals surface area contributed by atoms with Crippen molar-refractivity contribution in [1.29, 1.82) is 0 Å². The zero-order valence-electron chi connectivity index (χ0n) is 11.2. The minimum atomic E-state index is -0.537. The topological polar surface area (TPSA) is 43.4 Å². The number of ether oxygens (including phenoxy) is 1. The Bertz CT molecular complexity index is 273. The van der Waals surface area contributed by atoms with Gasteiger partial charge in [0, 0.05) is 5.92 Å². The van der Waals surface area contributed by atoms with Gasteiger partial charge in [-0.1, -0.05) is 26.7 Å². The van der Waals surface area contributed by atoms with Crippen molar-refractivity contribution in [3.8, 4) is 0 Å². The van der Waals surface area contributed by atoms with E-state index in [4.69, 9.17) is 4.74 Å². The SMILES string of the molecule is CCOC(=O)C(CC)C(=O)C1CCCC(C)C1. The molecule has 0 heterocycles. The van der Waals surface area contributed by atoms with E-state index in [9.17, 15) is 9.59 Å².